The van der Waals surface area contributed by atoms with Gasteiger partial charge < -0.3 is 5.73 Å². The maximum atomic E-state index is 12.3. The molecule has 0 aromatic carbocycles. The zero-order valence-electron chi connectivity index (χ0n) is 11.4. The van der Waals surface area contributed by atoms with E-state index in [1.54, 1.807) is 4.31 Å². The molecule has 1 aliphatic carbocycles. The molecule has 5 nitrogen and oxygen atoms in total. The lowest BCUT2D eigenvalue weighted by Crippen LogP contribution is -2.65. The van der Waals surface area contributed by atoms with Gasteiger partial charge in [0.05, 0.1) is 0 Å². The first kappa shape index (κ1) is 14.2. The number of nitrogens with zero attached hydrogens (tertiary/aromatic N) is 1. The molecule has 0 spiro atoms. The Bertz CT molecular complexity index is 386. The van der Waals surface area contributed by atoms with Crippen LogP contribution in [0, 0.1) is 5.41 Å². The Morgan fingerprint density at radius 2 is 1.72 bits per heavy atom. The second-order valence-electron chi connectivity index (χ2n) is 6.15. The van der Waals surface area contributed by atoms with Crippen molar-refractivity contribution in [2.75, 3.05) is 13.1 Å². The second kappa shape index (κ2) is 5.07. The molecule has 2 aliphatic rings. The van der Waals surface area contributed by atoms with Gasteiger partial charge in [0.25, 0.3) is 10.2 Å². The van der Waals surface area contributed by atoms with Gasteiger partial charge in [-0.15, -0.1) is 0 Å². The van der Waals surface area contributed by atoms with Crippen LogP contribution in [0.3, 0.4) is 0 Å². The lowest BCUT2D eigenvalue weighted by molar-refractivity contribution is 0.0888. The third-order valence-electron chi connectivity index (χ3n) is 4.54. The zero-order valence-corrected chi connectivity index (χ0v) is 12.2. The lowest BCUT2D eigenvalue weighted by Gasteiger charge is -2.50. The van der Waals surface area contributed by atoms with Gasteiger partial charge in [0.2, 0.25) is 0 Å². The first-order chi connectivity index (χ1) is 8.34. The Kier molecular flexibility index (Phi) is 4.02. The van der Waals surface area contributed by atoms with Crippen molar-refractivity contribution in [3.05, 3.63) is 0 Å². The molecule has 2 atom stereocenters. The van der Waals surface area contributed by atoms with Crippen molar-refractivity contribution in [2.45, 2.75) is 58.0 Å². The summed E-state index contributed by atoms with van der Waals surface area (Å²) in [6, 6.07) is 0.0649. The summed E-state index contributed by atoms with van der Waals surface area (Å²) in [5, 5.41) is 0. The molecule has 106 valence electrons. The van der Waals surface area contributed by atoms with Crippen LogP contribution < -0.4 is 10.5 Å². The van der Waals surface area contributed by atoms with Gasteiger partial charge in [-0.25, -0.2) is 0 Å². The molecule has 1 saturated heterocycles. The van der Waals surface area contributed by atoms with Crippen molar-refractivity contribution in [3.63, 3.8) is 0 Å². The van der Waals surface area contributed by atoms with Crippen LogP contribution in [-0.2, 0) is 10.2 Å². The zero-order chi connectivity index (χ0) is 13.4. The average Bonchev–Trinajstić information content (AvgIpc) is 2.57. The molecule has 0 bridgehead atoms. The first-order valence-electron chi connectivity index (χ1n) is 6.87. The normalized spacial score (nSPS) is 33.7. The summed E-state index contributed by atoms with van der Waals surface area (Å²) in [5.74, 6) is 0. The van der Waals surface area contributed by atoms with Gasteiger partial charge in [0.15, 0.2) is 0 Å². The molecule has 6 heteroatoms. The summed E-state index contributed by atoms with van der Waals surface area (Å²) in [6.07, 6.45) is 4.93. The highest BCUT2D eigenvalue weighted by molar-refractivity contribution is 7.87. The van der Waals surface area contributed by atoms with E-state index in [1.165, 1.54) is 0 Å². The monoisotopic (exact) mass is 275 g/mol. The lowest BCUT2D eigenvalue weighted by atomic mass is 9.64. The van der Waals surface area contributed by atoms with Crippen LogP contribution in [0.4, 0.5) is 0 Å². The Labute approximate surface area is 110 Å². The van der Waals surface area contributed by atoms with E-state index < -0.39 is 10.2 Å². The van der Waals surface area contributed by atoms with Crippen molar-refractivity contribution in [1.82, 2.24) is 9.03 Å². The fraction of sp³-hybridized carbons (Fsp3) is 1.00. The predicted octanol–water partition coefficient (Wildman–Crippen LogP) is 0.823. The molecule has 18 heavy (non-hydrogen) atoms. The Hall–Kier alpha value is -0.170. The standard InChI is InChI=1S/C12H25N3O2S/c1-12(2)10(13)9-11(12)14-18(16,17)15-7-5-3-4-6-8-15/h10-11,14H,3-9,13H2,1-2H3. The van der Waals surface area contributed by atoms with Gasteiger partial charge in [-0.2, -0.15) is 17.4 Å². The average molecular weight is 275 g/mol. The molecule has 0 amide bonds. The van der Waals surface area contributed by atoms with Crippen LogP contribution in [0.2, 0.25) is 0 Å². The summed E-state index contributed by atoms with van der Waals surface area (Å²) in [5.41, 5.74) is 5.78. The number of nitrogens with one attached hydrogen (secondary N) is 1. The van der Waals surface area contributed by atoms with Crippen LogP contribution in [0.25, 0.3) is 0 Å². The molecule has 1 saturated carbocycles. The van der Waals surface area contributed by atoms with E-state index in [2.05, 4.69) is 4.72 Å². The minimum atomic E-state index is -3.33. The van der Waals surface area contributed by atoms with Gasteiger partial charge in [0.1, 0.15) is 0 Å². The molecule has 1 aliphatic heterocycles. The van der Waals surface area contributed by atoms with Gasteiger partial charge >= 0.3 is 0 Å². The van der Waals surface area contributed by atoms with E-state index in [0.717, 1.165) is 32.1 Å². The van der Waals surface area contributed by atoms with Crippen LogP contribution in [-0.4, -0.2) is 37.9 Å². The summed E-state index contributed by atoms with van der Waals surface area (Å²) in [6.45, 7) is 5.34. The highest BCUT2D eigenvalue weighted by Crippen LogP contribution is 2.39. The summed E-state index contributed by atoms with van der Waals surface area (Å²) in [4.78, 5) is 0. The largest absolute Gasteiger partial charge is 0.327 e. The summed E-state index contributed by atoms with van der Waals surface area (Å²) < 4.78 is 29.0. The first-order valence-corrected chi connectivity index (χ1v) is 8.31. The third kappa shape index (κ3) is 2.71. The van der Waals surface area contributed by atoms with E-state index in [1.807, 2.05) is 13.8 Å². The van der Waals surface area contributed by atoms with E-state index >= 15 is 0 Å². The van der Waals surface area contributed by atoms with E-state index in [9.17, 15) is 8.42 Å². The molecule has 0 aromatic rings. The quantitative estimate of drug-likeness (QED) is 0.801. The SMILES string of the molecule is CC1(C)C(N)CC1NS(=O)(=O)N1CCCCCC1. The topological polar surface area (TPSA) is 75.4 Å². The Morgan fingerprint density at radius 1 is 1.17 bits per heavy atom. The van der Waals surface area contributed by atoms with Crippen molar-refractivity contribution in [2.24, 2.45) is 11.1 Å². The van der Waals surface area contributed by atoms with E-state index in [-0.39, 0.29) is 17.5 Å². The van der Waals surface area contributed by atoms with Crippen molar-refractivity contribution in [3.8, 4) is 0 Å². The fourth-order valence-electron chi connectivity index (χ4n) is 2.70. The van der Waals surface area contributed by atoms with Gasteiger partial charge in [0, 0.05) is 25.2 Å². The molecule has 0 radical (unpaired) electrons. The minimum absolute atomic E-state index is 0.0271. The molecular formula is C12H25N3O2S. The molecule has 0 aromatic heterocycles. The smallest absolute Gasteiger partial charge is 0.279 e. The second-order valence-corrected chi connectivity index (χ2v) is 7.85. The fourth-order valence-corrected chi connectivity index (χ4v) is 4.34. The number of hydrogen-bond donors (Lipinski definition) is 2. The maximum Gasteiger partial charge on any atom is 0.279 e. The van der Waals surface area contributed by atoms with Crippen molar-refractivity contribution < 1.29 is 8.42 Å². The maximum absolute atomic E-state index is 12.3. The van der Waals surface area contributed by atoms with Crippen LogP contribution >= 0.6 is 0 Å². The molecule has 1 heterocycles. The van der Waals surface area contributed by atoms with E-state index in [0.29, 0.717) is 13.1 Å². The van der Waals surface area contributed by atoms with Gasteiger partial charge in [-0.1, -0.05) is 26.7 Å². The van der Waals surface area contributed by atoms with Crippen molar-refractivity contribution >= 4 is 10.2 Å². The van der Waals surface area contributed by atoms with Crippen LogP contribution in [0.5, 0.6) is 0 Å². The predicted molar refractivity (Wildman–Crippen MR) is 72.3 cm³/mol. The molecular weight excluding hydrogens is 250 g/mol. The molecule has 3 N–H and O–H groups in total. The van der Waals surface area contributed by atoms with Crippen LogP contribution in [0.15, 0.2) is 0 Å². The summed E-state index contributed by atoms with van der Waals surface area (Å²) >= 11 is 0. The minimum Gasteiger partial charge on any atom is -0.327 e. The number of rotatable bonds is 3. The molecule has 2 unspecified atom stereocenters. The molecule has 2 fully saturated rings. The number of nitrogens with two attached hydrogens (primary N) is 1. The Morgan fingerprint density at radius 3 is 2.17 bits per heavy atom. The Balaban J connectivity index is 1.99. The van der Waals surface area contributed by atoms with Gasteiger partial charge in [-0.05, 0) is 24.7 Å². The highest BCUT2D eigenvalue weighted by atomic mass is 32.2. The third-order valence-corrected chi connectivity index (χ3v) is 6.17. The highest BCUT2D eigenvalue weighted by Gasteiger charge is 2.48. The van der Waals surface area contributed by atoms with Crippen LogP contribution in [0.1, 0.15) is 46.0 Å². The van der Waals surface area contributed by atoms with E-state index in [4.69, 9.17) is 5.73 Å². The summed E-state index contributed by atoms with van der Waals surface area (Å²) in [7, 11) is -3.33. The number of hydrogen-bond acceptors (Lipinski definition) is 3. The molecule has 2 rings (SSSR count). The van der Waals surface area contributed by atoms with Gasteiger partial charge in [-0.3, -0.25) is 0 Å². The van der Waals surface area contributed by atoms with Crippen molar-refractivity contribution in [1.29, 1.82) is 0 Å².